The zero-order valence-electron chi connectivity index (χ0n) is 9.26. The normalized spacial score (nSPS) is 12.1. The summed E-state index contributed by atoms with van der Waals surface area (Å²) in [5.74, 6) is 1.07. The first kappa shape index (κ1) is 13.1. The third-order valence-corrected chi connectivity index (χ3v) is 3.18. The van der Waals surface area contributed by atoms with Crippen molar-refractivity contribution >= 4 is 17.7 Å². The van der Waals surface area contributed by atoms with Crippen molar-refractivity contribution in [1.29, 1.82) is 0 Å². The molecule has 0 aliphatic carbocycles. The number of benzene rings is 1. The molecule has 16 heavy (non-hydrogen) atoms. The number of esters is 1. The van der Waals surface area contributed by atoms with Crippen molar-refractivity contribution in [2.24, 2.45) is 0 Å². The third-order valence-electron chi connectivity index (χ3n) is 2.14. The number of thioether (sulfide) groups is 1. The summed E-state index contributed by atoms with van der Waals surface area (Å²) in [4.78, 5) is 10.8. The van der Waals surface area contributed by atoms with Crippen LogP contribution >= 0.6 is 11.8 Å². The Hall–Kier alpha value is -1.00. The number of ether oxygens (including phenoxy) is 1. The maximum absolute atomic E-state index is 10.8. The molecule has 4 heteroatoms. The molecule has 88 valence electrons. The molecule has 1 unspecified atom stereocenters. The zero-order chi connectivity index (χ0) is 11.8. The minimum Gasteiger partial charge on any atom is -0.469 e. The molecule has 1 rings (SSSR count). The fourth-order valence-corrected chi connectivity index (χ4v) is 2.12. The maximum atomic E-state index is 10.8. The number of hydrogen-bond acceptors (Lipinski definition) is 4. The molecule has 0 aliphatic heterocycles. The summed E-state index contributed by atoms with van der Waals surface area (Å²) in [6.07, 6.45) is -0.0771. The van der Waals surface area contributed by atoms with Gasteiger partial charge < -0.3 is 9.84 Å². The second kappa shape index (κ2) is 7.30. The first-order chi connectivity index (χ1) is 7.74. The molecule has 0 saturated heterocycles. The number of rotatable bonds is 6. The van der Waals surface area contributed by atoms with Crippen molar-refractivity contribution in [3.05, 3.63) is 35.9 Å². The summed E-state index contributed by atoms with van der Waals surface area (Å²) in [5.41, 5.74) is 0.910. The van der Waals surface area contributed by atoms with Crippen LogP contribution in [-0.2, 0) is 9.53 Å². The highest BCUT2D eigenvalue weighted by molar-refractivity contribution is 7.99. The Labute approximate surface area is 99.8 Å². The summed E-state index contributed by atoms with van der Waals surface area (Å²) in [5, 5.41) is 9.81. The minimum atomic E-state index is -0.469. The summed E-state index contributed by atoms with van der Waals surface area (Å²) >= 11 is 1.55. The second-order valence-electron chi connectivity index (χ2n) is 3.33. The Kier molecular flexibility index (Phi) is 5.96. The molecule has 0 radical (unpaired) electrons. The highest BCUT2D eigenvalue weighted by atomic mass is 32.2. The van der Waals surface area contributed by atoms with Gasteiger partial charge in [0.2, 0.25) is 0 Å². The summed E-state index contributed by atoms with van der Waals surface area (Å²) in [6, 6.07) is 9.51. The van der Waals surface area contributed by atoms with Gasteiger partial charge in [0, 0.05) is 11.5 Å². The number of aliphatic hydroxyl groups excluding tert-OH is 1. The average Bonchev–Trinajstić information content (AvgIpc) is 2.35. The SMILES string of the molecule is COC(=O)CCSCC(O)c1ccccc1. The predicted octanol–water partition coefficient (Wildman–Crippen LogP) is 2.02. The van der Waals surface area contributed by atoms with E-state index in [1.165, 1.54) is 7.11 Å². The number of hydrogen-bond donors (Lipinski definition) is 1. The van der Waals surface area contributed by atoms with Crippen LogP contribution in [-0.4, -0.2) is 29.7 Å². The van der Waals surface area contributed by atoms with Gasteiger partial charge in [0.1, 0.15) is 0 Å². The van der Waals surface area contributed by atoms with E-state index in [-0.39, 0.29) is 5.97 Å². The van der Waals surface area contributed by atoms with E-state index in [1.807, 2.05) is 30.3 Å². The van der Waals surface area contributed by atoms with Crippen molar-refractivity contribution in [1.82, 2.24) is 0 Å². The van der Waals surface area contributed by atoms with Crippen LogP contribution in [0.25, 0.3) is 0 Å². The molecule has 0 aliphatic rings. The Morgan fingerprint density at radius 1 is 1.44 bits per heavy atom. The van der Waals surface area contributed by atoms with Gasteiger partial charge in [0.25, 0.3) is 0 Å². The molecule has 1 N–H and O–H groups in total. The van der Waals surface area contributed by atoms with Gasteiger partial charge in [-0.2, -0.15) is 11.8 Å². The third kappa shape index (κ3) is 4.68. The Balaban J connectivity index is 2.21. The van der Waals surface area contributed by atoms with Crippen molar-refractivity contribution in [3.63, 3.8) is 0 Å². The summed E-state index contributed by atoms with van der Waals surface area (Å²) < 4.78 is 4.53. The first-order valence-corrected chi connectivity index (χ1v) is 6.27. The molecular weight excluding hydrogens is 224 g/mol. The number of aliphatic hydroxyl groups is 1. The molecule has 0 heterocycles. The van der Waals surface area contributed by atoms with Crippen molar-refractivity contribution in [2.75, 3.05) is 18.6 Å². The van der Waals surface area contributed by atoms with E-state index in [0.29, 0.717) is 17.9 Å². The van der Waals surface area contributed by atoms with Gasteiger partial charge >= 0.3 is 5.97 Å². The van der Waals surface area contributed by atoms with Gasteiger partial charge in [-0.15, -0.1) is 0 Å². The Morgan fingerprint density at radius 3 is 2.75 bits per heavy atom. The van der Waals surface area contributed by atoms with E-state index in [9.17, 15) is 9.90 Å². The molecule has 0 amide bonds. The molecule has 0 bridgehead atoms. The molecule has 1 aromatic carbocycles. The van der Waals surface area contributed by atoms with Crippen molar-refractivity contribution in [3.8, 4) is 0 Å². The molecule has 1 aromatic rings. The lowest BCUT2D eigenvalue weighted by Gasteiger charge is -2.09. The molecule has 1 atom stereocenters. The van der Waals surface area contributed by atoms with E-state index < -0.39 is 6.10 Å². The molecule has 3 nitrogen and oxygen atoms in total. The topological polar surface area (TPSA) is 46.5 Å². The van der Waals surface area contributed by atoms with Crippen LogP contribution < -0.4 is 0 Å². The quantitative estimate of drug-likeness (QED) is 0.610. The van der Waals surface area contributed by atoms with E-state index >= 15 is 0 Å². The monoisotopic (exact) mass is 240 g/mol. The van der Waals surface area contributed by atoms with Crippen LogP contribution in [0.15, 0.2) is 30.3 Å². The lowest BCUT2D eigenvalue weighted by molar-refractivity contribution is -0.140. The van der Waals surface area contributed by atoms with Gasteiger partial charge in [0.05, 0.1) is 19.6 Å². The molecule has 0 fully saturated rings. The lowest BCUT2D eigenvalue weighted by atomic mass is 10.1. The largest absolute Gasteiger partial charge is 0.469 e. The van der Waals surface area contributed by atoms with Gasteiger partial charge in [-0.1, -0.05) is 30.3 Å². The van der Waals surface area contributed by atoms with Crippen LogP contribution in [0.2, 0.25) is 0 Å². The summed E-state index contributed by atoms with van der Waals surface area (Å²) in [7, 11) is 1.38. The van der Waals surface area contributed by atoms with Gasteiger partial charge in [-0.25, -0.2) is 0 Å². The van der Waals surface area contributed by atoms with E-state index in [4.69, 9.17) is 0 Å². The van der Waals surface area contributed by atoms with Gasteiger partial charge in [-0.3, -0.25) is 4.79 Å². The van der Waals surface area contributed by atoms with Crippen LogP contribution in [0.3, 0.4) is 0 Å². The number of methoxy groups -OCH3 is 1. The molecule has 0 spiro atoms. The van der Waals surface area contributed by atoms with Crippen LogP contribution in [0.1, 0.15) is 18.1 Å². The summed E-state index contributed by atoms with van der Waals surface area (Å²) in [6.45, 7) is 0. The molecule has 0 saturated carbocycles. The van der Waals surface area contributed by atoms with E-state index in [1.54, 1.807) is 11.8 Å². The van der Waals surface area contributed by atoms with Gasteiger partial charge in [-0.05, 0) is 5.56 Å². The molecule has 0 aromatic heterocycles. The highest BCUT2D eigenvalue weighted by Gasteiger charge is 2.07. The maximum Gasteiger partial charge on any atom is 0.306 e. The van der Waals surface area contributed by atoms with Crippen LogP contribution in [0, 0.1) is 0 Å². The number of carbonyl (C=O) groups excluding carboxylic acids is 1. The zero-order valence-corrected chi connectivity index (χ0v) is 10.1. The second-order valence-corrected chi connectivity index (χ2v) is 4.48. The van der Waals surface area contributed by atoms with Crippen LogP contribution in [0.4, 0.5) is 0 Å². The van der Waals surface area contributed by atoms with E-state index in [0.717, 1.165) is 5.56 Å². The number of carbonyl (C=O) groups is 1. The average molecular weight is 240 g/mol. The fraction of sp³-hybridized carbons (Fsp3) is 0.417. The van der Waals surface area contributed by atoms with E-state index in [2.05, 4.69) is 4.74 Å². The van der Waals surface area contributed by atoms with Crippen molar-refractivity contribution < 1.29 is 14.6 Å². The molecular formula is C12H16O3S. The lowest BCUT2D eigenvalue weighted by Crippen LogP contribution is -2.04. The minimum absolute atomic E-state index is 0.207. The predicted molar refractivity (Wildman–Crippen MR) is 65.4 cm³/mol. The van der Waals surface area contributed by atoms with Crippen LogP contribution in [0.5, 0.6) is 0 Å². The highest BCUT2D eigenvalue weighted by Crippen LogP contribution is 2.18. The standard InChI is InChI=1S/C12H16O3S/c1-15-12(14)7-8-16-9-11(13)10-5-3-2-4-6-10/h2-6,11,13H,7-9H2,1H3. The Morgan fingerprint density at radius 2 is 2.12 bits per heavy atom. The first-order valence-electron chi connectivity index (χ1n) is 5.11. The van der Waals surface area contributed by atoms with Crippen molar-refractivity contribution in [2.45, 2.75) is 12.5 Å². The van der Waals surface area contributed by atoms with Gasteiger partial charge in [0.15, 0.2) is 0 Å². The fourth-order valence-electron chi connectivity index (χ4n) is 1.22. The smallest absolute Gasteiger partial charge is 0.306 e. The Bertz CT molecular complexity index is 313.